The van der Waals surface area contributed by atoms with E-state index in [1.54, 1.807) is 12.1 Å². The third kappa shape index (κ3) is 4.47. The lowest BCUT2D eigenvalue weighted by molar-refractivity contribution is -0.132. The van der Waals surface area contributed by atoms with Gasteiger partial charge in [-0.05, 0) is 55.0 Å². The van der Waals surface area contributed by atoms with Crippen LogP contribution < -0.4 is 9.80 Å². The predicted octanol–water partition coefficient (Wildman–Crippen LogP) is 2.11. The van der Waals surface area contributed by atoms with Crippen molar-refractivity contribution in [1.29, 1.82) is 10.5 Å². The van der Waals surface area contributed by atoms with Crippen molar-refractivity contribution >= 4 is 17.3 Å². The number of carbonyl (C=O) groups excluding carboxylic acids is 1. The Labute approximate surface area is 182 Å². The van der Waals surface area contributed by atoms with E-state index < -0.39 is 12.1 Å². The van der Waals surface area contributed by atoms with Crippen LogP contribution in [0.5, 0.6) is 0 Å². The van der Waals surface area contributed by atoms with Crippen LogP contribution in [0.25, 0.3) is 0 Å². The quantitative estimate of drug-likeness (QED) is 0.825. The minimum atomic E-state index is -0.549. The molecule has 31 heavy (non-hydrogen) atoms. The highest BCUT2D eigenvalue weighted by molar-refractivity contribution is 5.86. The second-order valence-corrected chi connectivity index (χ2v) is 8.04. The molecule has 0 bridgehead atoms. The number of anilines is 2. The summed E-state index contributed by atoms with van der Waals surface area (Å²) in [5.41, 5.74) is 3.12. The van der Waals surface area contributed by atoms with Gasteiger partial charge in [0, 0.05) is 50.5 Å². The maximum absolute atomic E-state index is 13.4. The number of hydrogen-bond donors (Lipinski definition) is 1. The van der Waals surface area contributed by atoms with Gasteiger partial charge in [-0.25, -0.2) is 0 Å². The molecular formula is C24H25N5O2. The van der Waals surface area contributed by atoms with Crippen LogP contribution in [-0.4, -0.2) is 60.8 Å². The number of nitrogens with zero attached hydrogens (tertiary/aromatic N) is 5. The van der Waals surface area contributed by atoms with Crippen molar-refractivity contribution in [3.63, 3.8) is 0 Å². The highest BCUT2D eigenvalue weighted by atomic mass is 16.3. The average molecular weight is 415 g/mol. The van der Waals surface area contributed by atoms with E-state index in [1.165, 1.54) is 0 Å². The second kappa shape index (κ2) is 9.07. The van der Waals surface area contributed by atoms with Gasteiger partial charge in [-0.1, -0.05) is 0 Å². The molecule has 2 aromatic rings. The van der Waals surface area contributed by atoms with Crippen LogP contribution in [0.1, 0.15) is 24.0 Å². The van der Waals surface area contributed by atoms with Crippen molar-refractivity contribution in [2.24, 2.45) is 0 Å². The summed E-state index contributed by atoms with van der Waals surface area (Å²) >= 11 is 0. The van der Waals surface area contributed by atoms with Gasteiger partial charge in [-0.15, -0.1) is 0 Å². The number of aliphatic hydroxyl groups excluding tert-OH is 1. The number of hydrogen-bond acceptors (Lipinski definition) is 6. The molecule has 2 aliphatic rings. The summed E-state index contributed by atoms with van der Waals surface area (Å²) in [6.07, 6.45) is 0.721. The summed E-state index contributed by atoms with van der Waals surface area (Å²) in [5, 5.41) is 28.3. The largest absolute Gasteiger partial charge is 0.391 e. The van der Waals surface area contributed by atoms with Crippen molar-refractivity contribution in [2.45, 2.75) is 25.0 Å². The zero-order valence-corrected chi connectivity index (χ0v) is 17.3. The van der Waals surface area contributed by atoms with E-state index in [4.69, 9.17) is 10.5 Å². The molecule has 1 amide bonds. The van der Waals surface area contributed by atoms with Crippen LogP contribution in [0.3, 0.4) is 0 Å². The fourth-order valence-corrected chi connectivity index (χ4v) is 4.41. The van der Waals surface area contributed by atoms with Gasteiger partial charge in [0.25, 0.3) is 0 Å². The number of rotatable bonds is 3. The number of β-amino-alcohol motifs (C(OH)–C–C–N with tert-alkyl or cyclic N) is 1. The van der Waals surface area contributed by atoms with E-state index in [2.05, 4.69) is 17.0 Å². The summed E-state index contributed by atoms with van der Waals surface area (Å²) in [6, 6.07) is 18.5. The first kappa shape index (κ1) is 20.7. The van der Waals surface area contributed by atoms with Gasteiger partial charge in [-0.3, -0.25) is 4.79 Å². The maximum atomic E-state index is 13.4. The first-order valence-electron chi connectivity index (χ1n) is 10.6. The van der Waals surface area contributed by atoms with Crippen LogP contribution in [-0.2, 0) is 4.79 Å². The van der Waals surface area contributed by atoms with E-state index in [9.17, 15) is 9.90 Å². The SMILES string of the molecule is N#Cc1ccc(N2CCCN(C(=O)C3CC(O)CN3c3ccc(C#N)cc3)CC2)cc1. The third-order valence-electron chi connectivity index (χ3n) is 6.06. The first-order chi connectivity index (χ1) is 15.1. The lowest BCUT2D eigenvalue weighted by Crippen LogP contribution is -2.47. The highest BCUT2D eigenvalue weighted by Crippen LogP contribution is 2.28. The summed E-state index contributed by atoms with van der Waals surface area (Å²) in [6.45, 7) is 3.28. The third-order valence-corrected chi connectivity index (χ3v) is 6.06. The van der Waals surface area contributed by atoms with E-state index in [0.717, 1.165) is 30.9 Å². The van der Waals surface area contributed by atoms with Gasteiger partial charge in [0.15, 0.2) is 0 Å². The van der Waals surface area contributed by atoms with Crippen LogP contribution in [0.2, 0.25) is 0 Å². The van der Waals surface area contributed by atoms with Crippen LogP contribution in [0.4, 0.5) is 11.4 Å². The minimum absolute atomic E-state index is 0.0441. The molecule has 4 rings (SSSR count). The molecule has 2 heterocycles. The zero-order chi connectivity index (χ0) is 21.8. The molecule has 2 aromatic carbocycles. The first-order valence-corrected chi connectivity index (χ1v) is 10.6. The average Bonchev–Trinajstić information content (AvgIpc) is 3.04. The van der Waals surface area contributed by atoms with Crippen LogP contribution in [0.15, 0.2) is 48.5 Å². The monoisotopic (exact) mass is 415 g/mol. The zero-order valence-electron chi connectivity index (χ0n) is 17.3. The molecule has 2 aliphatic heterocycles. The summed E-state index contributed by atoms with van der Waals surface area (Å²) in [7, 11) is 0. The molecule has 2 fully saturated rings. The van der Waals surface area contributed by atoms with Gasteiger partial charge < -0.3 is 19.8 Å². The molecule has 7 heteroatoms. The van der Waals surface area contributed by atoms with Crippen LogP contribution in [0, 0.1) is 22.7 Å². The van der Waals surface area contributed by atoms with E-state index in [1.807, 2.05) is 46.2 Å². The number of benzene rings is 2. The van der Waals surface area contributed by atoms with Crippen molar-refractivity contribution in [2.75, 3.05) is 42.5 Å². The fraction of sp³-hybridized carbons (Fsp3) is 0.375. The molecule has 158 valence electrons. The Hall–Kier alpha value is -3.55. The Bertz CT molecular complexity index is 1010. The normalized spacial score (nSPS) is 21.3. The van der Waals surface area contributed by atoms with Gasteiger partial charge >= 0.3 is 0 Å². The van der Waals surface area contributed by atoms with Gasteiger partial charge in [0.05, 0.1) is 29.4 Å². The van der Waals surface area contributed by atoms with Gasteiger partial charge in [-0.2, -0.15) is 10.5 Å². The molecule has 0 saturated carbocycles. The number of nitriles is 2. The van der Waals surface area contributed by atoms with Gasteiger partial charge in [0.2, 0.25) is 5.91 Å². The Morgan fingerprint density at radius 3 is 2.10 bits per heavy atom. The molecule has 1 N–H and O–H groups in total. The van der Waals surface area contributed by atoms with E-state index >= 15 is 0 Å². The Morgan fingerprint density at radius 2 is 1.48 bits per heavy atom. The molecule has 7 nitrogen and oxygen atoms in total. The van der Waals surface area contributed by atoms with Crippen LogP contribution >= 0.6 is 0 Å². The molecule has 0 radical (unpaired) electrons. The van der Waals surface area contributed by atoms with Crippen molar-refractivity contribution < 1.29 is 9.90 Å². The lowest BCUT2D eigenvalue weighted by Gasteiger charge is -2.31. The molecule has 0 aromatic heterocycles. The smallest absolute Gasteiger partial charge is 0.245 e. The minimum Gasteiger partial charge on any atom is -0.391 e. The molecule has 0 aliphatic carbocycles. The Balaban J connectivity index is 1.45. The van der Waals surface area contributed by atoms with E-state index in [-0.39, 0.29) is 5.91 Å². The van der Waals surface area contributed by atoms with Gasteiger partial charge in [0.1, 0.15) is 6.04 Å². The molecule has 2 unspecified atom stereocenters. The molecule has 0 spiro atoms. The second-order valence-electron chi connectivity index (χ2n) is 8.04. The van der Waals surface area contributed by atoms with Crippen molar-refractivity contribution in [3.8, 4) is 12.1 Å². The fourth-order valence-electron chi connectivity index (χ4n) is 4.41. The highest BCUT2D eigenvalue weighted by Gasteiger charge is 2.38. The van der Waals surface area contributed by atoms with E-state index in [0.29, 0.717) is 37.2 Å². The standard InChI is InChI=1S/C24H25N5O2/c25-15-18-2-6-20(7-3-18)27-10-1-11-28(13-12-27)24(31)23-14-22(30)17-29(23)21-8-4-19(16-26)5-9-21/h2-9,22-23,30H,1,10-14,17H2. The number of amides is 1. The number of carbonyl (C=O) groups is 1. The molecular weight excluding hydrogens is 390 g/mol. The maximum Gasteiger partial charge on any atom is 0.245 e. The van der Waals surface area contributed by atoms with Crippen molar-refractivity contribution in [3.05, 3.63) is 59.7 Å². The Morgan fingerprint density at radius 1 is 0.871 bits per heavy atom. The topological polar surface area (TPSA) is 94.6 Å². The van der Waals surface area contributed by atoms with Crippen molar-refractivity contribution in [1.82, 2.24) is 4.90 Å². The summed E-state index contributed by atoms with van der Waals surface area (Å²) in [4.78, 5) is 19.5. The molecule has 2 atom stereocenters. The Kier molecular flexibility index (Phi) is 6.06. The lowest BCUT2D eigenvalue weighted by atomic mass is 10.1. The number of aliphatic hydroxyl groups is 1. The predicted molar refractivity (Wildman–Crippen MR) is 117 cm³/mol. The summed E-state index contributed by atoms with van der Waals surface area (Å²) in [5.74, 6) is 0.0441. The molecule has 2 saturated heterocycles. The summed E-state index contributed by atoms with van der Waals surface area (Å²) < 4.78 is 0.